The van der Waals surface area contributed by atoms with Crippen molar-refractivity contribution < 1.29 is 9.53 Å². The topological polar surface area (TPSA) is 54.5 Å². The molecular formula is C15H25N3O2. The number of hydrogen-bond acceptors (Lipinski definition) is 4. The number of amides is 1. The minimum absolute atomic E-state index is 0.0237. The highest BCUT2D eigenvalue weighted by Crippen LogP contribution is 2.08. The van der Waals surface area contributed by atoms with Gasteiger partial charge in [-0.1, -0.05) is 13.3 Å². The fourth-order valence-corrected chi connectivity index (χ4v) is 1.77. The molecule has 0 aliphatic rings. The largest absolute Gasteiger partial charge is 0.385 e. The Kier molecular flexibility index (Phi) is 7.65. The number of methoxy groups -OCH3 is 1. The van der Waals surface area contributed by atoms with Crippen LogP contribution in [0.1, 0.15) is 36.7 Å². The van der Waals surface area contributed by atoms with Crippen molar-refractivity contribution >= 4 is 11.6 Å². The van der Waals surface area contributed by atoms with Gasteiger partial charge < -0.3 is 15.0 Å². The number of unbranched alkanes of at least 4 members (excludes halogenated alkanes) is 1. The van der Waals surface area contributed by atoms with E-state index in [0.29, 0.717) is 5.69 Å². The van der Waals surface area contributed by atoms with Gasteiger partial charge in [0, 0.05) is 33.9 Å². The van der Waals surface area contributed by atoms with Crippen molar-refractivity contribution in [3.8, 4) is 0 Å². The summed E-state index contributed by atoms with van der Waals surface area (Å²) in [5.41, 5.74) is 1.42. The molecule has 0 aliphatic heterocycles. The lowest BCUT2D eigenvalue weighted by atomic mass is 10.2. The first-order valence-electron chi connectivity index (χ1n) is 7.13. The molecule has 20 heavy (non-hydrogen) atoms. The van der Waals surface area contributed by atoms with Crippen LogP contribution in [-0.2, 0) is 4.74 Å². The number of nitrogens with zero attached hydrogens (tertiary/aromatic N) is 2. The van der Waals surface area contributed by atoms with Crippen molar-refractivity contribution in [3.05, 3.63) is 24.0 Å². The molecule has 0 unspecified atom stereocenters. The van der Waals surface area contributed by atoms with Gasteiger partial charge in [-0.3, -0.25) is 4.79 Å². The summed E-state index contributed by atoms with van der Waals surface area (Å²) in [7, 11) is 3.51. The Morgan fingerprint density at radius 3 is 2.80 bits per heavy atom. The van der Waals surface area contributed by atoms with E-state index in [0.717, 1.165) is 44.6 Å². The van der Waals surface area contributed by atoms with Crippen molar-refractivity contribution in [3.63, 3.8) is 0 Å². The molecule has 1 aromatic heterocycles. The van der Waals surface area contributed by atoms with Gasteiger partial charge in [0.05, 0.1) is 11.9 Å². The van der Waals surface area contributed by atoms with Gasteiger partial charge in [-0.2, -0.15) is 0 Å². The summed E-state index contributed by atoms with van der Waals surface area (Å²) in [4.78, 5) is 18.0. The molecule has 0 atom stereocenters. The third-order valence-electron chi connectivity index (χ3n) is 3.03. The number of aromatic nitrogens is 1. The summed E-state index contributed by atoms with van der Waals surface area (Å²) in [6.07, 6.45) is 4.74. The Bertz CT molecular complexity index is 393. The fraction of sp³-hybridized carbons (Fsp3) is 0.600. The van der Waals surface area contributed by atoms with Gasteiger partial charge in [-0.25, -0.2) is 4.98 Å². The van der Waals surface area contributed by atoms with E-state index in [4.69, 9.17) is 4.74 Å². The Morgan fingerprint density at radius 2 is 2.20 bits per heavy atom. The minimum Gasteiger partial charge on any atom is -0.385 e. The number of ether oxygens (including phenoxy) is 1. The van der Waals surface area contributed by atoms with Gasteiger partial charge in [0.1, 0.15) is 5.69 Å². The molecule has 5 nitrogen and oxygen atoms in total. The Balaban J connectivity index is 2.46. The number of nitrogens with one attached hydrogen (secondary N) is 1. The first-order chi connectivity index (χ1) is 9.69. The van der Waals surface area contributed by atoms with E-state index in [2.05, 4.69) is 17.2 Å². The molecule has 5 heteroatoms. The van der Waals surface area contributed by atoms with E-state index in [1.54, 1.807) is 24.3 Å². The molecule has 0 radical (unpaired) electrons. The summed E-state index contributed by atoms with van der Waals surface area (Å²) >= 11 is 0. The van der Waals surface area contributed by atoms with Crippen LogP contribution in [0.2, 0.25) is 0 Å². The molecule has 0 aliphatic carbocycles. The molecule has 0 fully saturated rings. The van der Waals surface area contributed by atoms with Crippen LogP contribution in [0.5, 0.6) is 0 Å². The molecule has 1 heterocycles. The molecule has 0 saturated carbocycles. The lowest BCUT2D eigenvalue weighted by Crippen LogP contribution is -2.28. The first kappa shape index (κ1) is 16.4. The second-order valence-corrected chi connectivity index (χ2v) is 4.79. The molecule has 0 spiro atoms. The standard InChI is InChI=1S/C15H25N3O2/c1-4-5-10-18(2)15(19)14-8-7-13(12-17-14)16-9-6-11-20-3/h7-8,12,16H,4-6,9-11H2,1-3H3. The normalized spacial score (nSPS) is 10.3. The quantitative estimate of drug-likeness (QED) is 0.705. The minimum atomic E-state index is -0.0237. The zero-order valence-corrected chi connectivity index (χ0v) is 12.7. The third kappa shape index (κ3) is 5.57. The van der Waals surface area contributed by atoms with Crippen molar-refractivity contribution in [2.45, 2.75) is 26.2 Å². The second kappa shape index (κ2) is 9.31. The van der Waals surface area contributed by atoms with Crippen molar-refractivity contribution in [2.24, 2.45) is 0 Å². The van der Waals surface area contributed by atoms with Crippen LogP contribution in [0.25, 0.3) is 0 Å². The van der Waals surface area contributed by atoms with Crippen molar-refractivity contribution in [1.29, 1.82) is 0 Å². The summed E-state index contributed by atoms with van der Waals surface area (Å²) in [5.74, 6) is -0.0237. The molecular weight excluding hydrogens is 254 g/mol. The molecule has 112 valence electrons. The van der Waals surface area contributed by atoms with Crippen LogP contribution >= 0.6 is 0 Å². The van der Waals surface area contributed by atoms with Crippen molar-refractivity contribution in [1.82, 2.24) is 9.88 Å². The molecule has 0 bridgehead atoms. The molecule has 1 N–H and O–H groups in total. The van der Waals surface area contributed by atoms with Crippen molar-refractivity contribution in [2.75, 3.05) is 39.2 Å². The average molecular weight is 279 g/mol. The SMILES string of the molecule is CCCCN(C)C(=O)c1ccc(NCCCOC)cn1. The number of anilines is 1. The highest BCUT2D eigenvalue weighted by molar-refractivity contribution is 5.92. The highest BCUT2D eigenvalue weighted by atomic mass is 16.5. The lowest BCUT2D eigenvalue weighted by molar-refractivity contribution is 0.0787. The van der Waals surface area contributed by atoms with Crippen LogP contribution in [0.3, 0.4) is 0 Å². The Labute approximate surface area is 121 Å². The maximum absolute atomic E-state index is 12.1. The number of carbonyl (C=O) groups is 1. The predicted octanol–water partition coefficient (Wildman–Crippen LogP) is 2.40. The summed E-state index contributed by atoms with van der Waals surface area (Å²) in [5, 5.41) is 3.24. The lowest BCUT2D eigenvalue weighted by Gasteiger charge is -2.16. The molecule has 1 rings (SSSR count). The summed E-state index contributed by atoms with van der Waals surface area (Å²) in [6, 6.07) is 3.66. The monoisotopic (exact) mass is 279 g/mol. The van der Waals surface area contributed by atoms with E-state index in [1.165, 1.54) is 0 Å². The van der Waals surface area contributed by atoms with Crippen LogP contribution in [0.15, 0.2) is 18.3 Å². The predicted molar refractivity (Wildman–Crippen MR) is 81.1 cm³/mol. The van der Waals surface area contributed by atoms with Crippen LogP contribution in [-0.4, -0.2) is 49.6 Å². The van der Waals surface area contributed by atoms with E-state index in [-0.39, 0.29) is 5.91 Å². The third-order valence-corrected chi connectivity index (χ3v) is 3.03. The fourth-order valence-electron chi connectivity index (χ4n) is 1.77. The maximum Gasteiger partial charge on any atom is 0.272 e. The van der Waals surface area contributed by atoms with E-state index < -0.39 is 0 Å². The Morgan fingerprint density at radius 1 is 1.40 bits per heavy atom. The van der Waals surface area contributed by atoms with Crippen LogP contribution < -0.4 is 5.32 Å². The number of rotatable bonds is 9. The van der Waals surface area contributed by atoms with Gasteiger partial charge in [0.25, 0.3) is 5.91 Å². The zero-order valence-electron chi connectivity index (χ0n) is 12.7. The van der Waals surface area contributed by atoms with Crippen LogP contribution in [0.4, 0.5) is 5.69 Å². The maximum atomic E-state index is 12.1. The summed E-state index contributed by atoms with van der Waals surface area (Å²) in [6.45, 7) is 4.45. The van der Waals surface area contributed by atoms with Gasteiger partial charge in [0.15, 0.2) is 0 Å². The summed E-state index contributed by atoms with van der Waals surface area (Å²) < 4.78 is 4.98. The second-order valence-electron chi connectivity index (χ2n) is 4.79. The Hall–Kier alpha value is -1.62. The number of carbonyl (C=O) groups excluding carboxylic acids is 1. The van der Waals surface area contributed by atoms with Gasteiger partial charge in [-0.05, 0) is 25.0 Å². The van der Waals surface area contributed by atoms with E-state index in [9.17, 15) is 4.79 Å². The zero-order chi connectivity index (χ0) is 14.8. The van der Waals surface area contributed by atoms with E-state index >= 15 is 0 Å². The highest BCUT2D eigenvalue weighted by Gasteiger charge is 2.12. The van der Waals surface area contributed by atoms with Gasteiger partial charge in [0.2, 0.25) is 0 Å². The molecule has 1 aromatic rings. The first-order valence-corrected chi connectivity index (χ1v) is 7.13. The molecule has 0 saturated heterocycles. The smallest absolute Gasteiger partial charge is 0.272 e. The number of hydrogen-bond donors (Lipinski definition) is 1. The average Bonchev–Trinajstić information content (AvgIpc) is 2.49. The van der Waals surface area contributed by atoms with Crippen LogP contribution in [0, 0.1) is 0 Å². The van der Waals surface area contributed by atoms with Gasteiger partial charge in [-0.15, -0.1) is 0 Å². The number of pyridine rings is 1. The van der Waals surface area contributed by atoms with E-state index in [1.807, 2.05) is 13.1 Å². The van der Waals surface area contributed by atoms with Gasteiger partial charge >= 0.3 is 0 Å². The molecule has 0 aromatic carbocycles. The molecule has 1 amide bonds.